The van der Waals surface area contributed by atoms with Gasteiger partial charge in [0.25, 0.3) is 0 Å². The Kier molecular flexibility index (Phi) is 5.24. The molecule has 0 radical (unpaired) electrons. The molecule has 7 nitrogen and oxygen atoms in total. The van der Waals surface area contributed by atoms with E-state index in [2.05, 4.69) is 15.0 Å². The minimum absolute atomic E-state index is 0.0547. The molecule has 1 aliphatic rings. The average Bonchev–Trinajstić information content (AvgIpc) is 3.32. The molecule has 144 valence electrons. The predicted molar refractivity (Wildman–Crippen MR) is 99.8 cm³/mol. The molecule has 0 unspecified atom stereocenters. The van der Waals surface area contributed by atoms with E-state index in [1.165, 1.54) is 29.3 Å². The summed E-state index contributed by atoms with van der Waals surface area (Å²) in [5.41, 5.74) is -1.41. The van der Waals surface area contributed by atoms with Crippen molar-refractivity contribution in [3.05, 3.63) is 40.0 Å². The molecule has 1 fully saturated rings. The molecule has 10 heteroatoms. The highest BCUT2D eigenvalue weighted by Gasteiger charge is 2.53. The molecule has 0 spiro atoms. The van der Waals surface area contributed by atoms with E-state index in [4.69, 9.17) is 9.31 Å². The number of halogens is 1. The van der Waals surface area contributed by atoms with Crippen molar-refractivity contribution < 1.29 is 23.2 Å². The van der Waals surface area contributed by atoms with Crippen molar-refractivity contribution in [3.63, 3.8) is 0 Å². The number of carbonyl (C=O) groups excluding carboxylic acids is 1. The summed E-state index contributed by atoms with van der Waals surface area (Å²) < 4.78 is 33.1. The van der Waals surface area contributed by atoms with E-state index >= 15 is 4.39 Å². The molecular formula is C17H21BFN3O4S. The molecule has 3 heterocycles. The summed E-state index contributed by atoms with van der Waals surface area (Å²) in [5, 5.41) is 9.50. The standard InChI is InChI=1S/C17H21BFN3O4S/c1-16(2)17(3,4)26-18(25-16)14(19)11(13-7-6-8-27-13)9-22-10-12(20-21-22)15(23)24-5/h6-8,10H,9H2,1-5H3. The van der Waals surface area contributed by atoms with Crippen molar-refractivity contribution in [1.29, 1.82) is 0 Å². The van der Waals surface area contributed by atoms with Crippen molar-refractivity contribution in [2.45, 2.75) is 45.4 Å². The van der Waals surface area contributed by atoms with Crippen LogP contribution >= 0.6 is 11.3 Å². The number of esters is 1. The van der Waals surface area contributed by atoms with E-state index in [1.807, 2.05) is 45.2 Å². The molecular weight excluding hydrogens is 372 g/mol. The maximum atomic E-state index is 15.4. The van der Waals surface area contributed by atoms with Crippen molar-refractivity contribution in [3.8, 4) is 0 Å². The molecule has 0 atom stereocenters. The Labute approximate surface area is 161 Å². The van der Waals surface area contributed by atoms with Crippen LogP contribution in [0, 0.1) is 0 Å². The molecule has 0 aliphatic carbocycles. The number of ether oxygens (including phenoxy) is 1. The maximum absolute atomic E-state index is 15.4. The molecule has 2 aromatic rings. The number of hydrogen-bond donors (Lipinski definition) is 0. The Hall–Kier alpha value is -2.04. The minimum atomic E-state index is -1.12. The summed E-state index contributed by atoms with van der Waals surface area (Å²) >= 11 is 1.39. The summed E-state index contributed by atoms with van der Waals surface area (Å²) in [6.07, 6.45) is 1.41. The van der Waals surface area contributed by atoms with Crippen LogP contribution in [0.2, 0.25) is 0 Å². The Morgan fingerprint density at radius 1 is 1.33 bits per heavy atom. The summed E-state index contributed by atoms with van der Waals surface area (Å²) in [4.78, 5) is 12.3. The van der Waals surface area contributed by atoms with E-state index in [-0.39, 0.29) is 12.2 Å². The van der Waals surface area contributed by atoms with Gasteiger partial charge in [0.1, 0.15) is 5.73 Å². The van der Waals surface area contributed by atoms with Gasteiger partial charge in [0, 0.05) is 10.5 Å². The second-order valence-corrected chi connectivity index (χ2v) is 8.13. The predicted octanol–water partition coefficient (Wildman–Crippen LogP) is 3.14. The molecule has 1 aliphatic heterocycles. The monoisotopic (exact) mass is 393 g/mol. The largest absolute Gasteiger partial charge is 0.525 e. The first-order valence-corrected chi connectivity index (χ1v) is 9.29. The van der Waals surface area contributed by atoms with Gasteiger partial charge in [0.05, 0.1) is 31.1 Å². The first-order valence-electron chi connectivity index (χ1n) is 8.41. The number of carbonyl (C=O) groups is 1. The van der Waals surface area contributed by atoms with Crippen LogP contribution in [0.1, 0.15) is 43.1 Å². The molecule has 27 heavy (non-hydrogen) atoms. The Morgan fingerprint density at radius 2 is 2.00 bits per heavy atom. The quantitative estimate of drug-likeness (QED) is 0.574. The maximum Gasteiger partial charge on any atom is 0.525 e. The van der Waals surface area contributed by atoms with Crippen LogP contribution in [-0.2, 0) is 20.6 Å². The highest BCUT2D eigenvalue weighted by atomic mass is 32.1. The van der Waals surface area contributed by atoms with Gasteiger partial charge < -0.3 is 14.0 Å². The average molecular weight is 393 g/mol. The zero-order valence-corrected chi connectivity index (χ0v) is 16.7. The lowest BCUT2D eigenvalue weighted by Gasteiger charge is -2.32. The fourth-order valence-corrected chi connectivity index (χ4v) is 3.31. The van der Waals surface area contributed by atoms with Crippen LogP contribution in [0.5, 0.6) is 0 Å². The summed E-state index contributed by atoms with van der Waals surface area (Å²) in [6, 6.07) is 3.64. The Bertz CT molecular complexity index is 847. The van der Waals surface area contributed by atoms with Crippen LogP contribution in [0.25, 0.3) is 5.57 Å². The van der Waals surface area contributed by atoms with Gasteiger partial charge in [0.15, 0.2) is 5.69 Å². The lowest BCUT2D eigenvalue weighted by Crippen LogP contribution is -2.41. The van der Waals surface area contributed by atoms with Gasteiger partial charge in [-0.05, 0) is 39.1 Å². The van der Waals surface area contributed by atoms with E-state index in [9.17, 15) is 4.79 Å². The van der Waals surface area contributed by atoms with E-state index < -0.39 is 30.0 Å². The van der Waals surface area contributed by atoms with E-state index in [1.54, 1.807) is 0 Å². The van der Waals surface area contributed by atoms with Gasteiger partial charge in [0.2, 0.25) is 0 Å². The van der Waals surface area contributed by atoms with Crippen molar-refractivity contribution in [1.82, 2.24) is 15.0 Å². The zero-order valence-electron chi connectivity index (χ0n) is 15.9. The van der Waals surface area contributed by atoms with Gasteiger partial charge in [-0.25, -0.2) is 13.9 Å². The van der Waals surface area contributed by atoms with Gasteiger partial charge in [-0.1, -0.05) is 11.3 Å². The molecule has 2 aromatic heterocycles. The second kappa shape index (κ2) is 7.18. The van der Waals surface area contributed by atoms with E-state index in [0.29, 0.717) is 5.57 Å². The third kappa shape index (κ3) is 3.83. The molecule has 0 saturated carbocycles. The van der Waals surface area contributed by atoms with Crippen LogP contribution in [-0.4, -0.2) is 46.4 Å². The lowest BCUT2D eigenvalue weighted by atomic mass is 9.84. The normalized spacial score (nSPS) is 19.1. The number of allylic oxidation sites excluding steroid dienone is 1. The molecule has 0 bridgehead atoms. The fraction of sp³-hybridized carbons (Fsp3) is 0.471. The summed E-state index contributed by atoms with van der Waals surface area (Å²) in [5.74, 6) is -0.602. The first-order chi connectivity index (χ1) is 12.6. The number of nitrogens with zero attached hydrogens (tertiary/aromatic N) is 3. The Morgan fingerprint density at radius 3 is 2.56 bits per heavy atom. The van der Waals surface area contributed by atoms with Crippen molar-refractivity contribution in [2.24, 2.45) is 0 Å². The number of methoxy groups -OCH3 is 1. The number of aromatic nitrogens is 3. The number of hydrogen-bond acceptors (Lipinski definition) is 7. The SMILES string of the molecule is COC(=O)c1cn(CC(=C(F)B2OC(C)(C)C(C)(C)O2)c2cccs2)nn1. The minimum Gasteiger partial charge on any atom is -0.464 e. The number of thiophene rings is 1. The molecule has 0 aromatic carbocycles. The summed E-state index contributed by atoms with van der Waals surface area (Å²) in [6.45, 7) is 7.53. The molecule has 0 amide bonds. The zero-order chi connectivity index (χ0) is 19.8. The van der Waals surface area contributed by atoms with Gasteiger partial charge in [-0.15, -0.1) is 16.4 Å². The van der Waals surface area contributed by atoms with Crippen molar-refractivity contribution >= 4 is 30.0 Å². The highest BCUT2D eigenvalue weighted by molar-refractivity contribution is 7.11. The van der Waals surface area contributed by atoms with Gasteiger partial charge in [-0.2, -0.15) is 0 Å². The lowest BCUT2D eigenvalue weighted by molar-refractivity contribution is 0.00578. The molecule has 3 rings (SSSR count). The topological polar surface area (TPSA) is 75.5 Å². The third-order valence-corrected chi connectivity index (χ3v) is 5.75. The molecule has 0 N–H and O–H groups in total. The van der Waals surface area contributed by atoms with Crippen LogP contribution < -0.4 is 0 Å². The van der Waals surface area contributed by atoms with E-state index in [0.717, 1.165) is 4.88 Å². The molecule has 1 saturated heterocycles. The van der Waals surface area contributed by atoms with Crippen LogP contribution in [0.3, 0.4) is 0 Å². The van der Waals surface area contributed by atoms with Gasteiger partial charge in [-0.3, -0.25) is 0 Å². The Balaban J connectivity index is 1.94. The van der Waals surface area contributed by atoms with Crippen LogP contribution in [0.4, 0.5) is 4.39 Å². The highest BCUT2D eigenvalue weighted by Crippen LogP contribution is 2.40. The van der Waals surface area contributed by atoms with Crippen molar-refractivity contribution in [2.75, 3.05) is 7.11 Å². The number of rotatable bonds is 5. The second-order valence-electron chi connectivity index (χ2n) is 7.18. The smallest absolute Gasteiger partial charge is 0.464 e. The first kappa shape index (κ1) is 19.7. The third-order valence-electron chi connectivity index (χ3n) is 4.82. The summed E-state index contributed by atoms with van der Waals surface area (Å²) in [7, 11) is 0.145. The fourth-order valence-electron chi connectivity index (χ4n) is 2.55. The van der Waals surface area contributed by atoms with Gasteiger partial charge >= 0.3 is 13.1 Å². The van der Waals surface area contributed by atoms with Crippen LogP contribution in [0.15, 0.2) is 29.4 Å².